The number of carbonyl (C=O) groups is 1. The highest BCUT2D eigenvalue weighted by molar-refractivity contribution is 6.07. The summed E-state index contributed by atoms with van der Waals surface area (Å²) in [6.45, 7) is 0. The van der Waals surface area contributed by atoms with Gasteiger partial charge in [0.25, 0.3) is 0 Å². The van der Waals surface area contributed by atoms with E-state index in [0.717, 1.165) is 16.5 Å². The zero-order chi connectivity index (χ0) is 13.1. The third kappa shape index (κ3) is 2.33. The first-order valence-electron chi connectivity index (χ1n) is 6.18. The molecule has 19 heavy (non-hydrogen) atoms. The lowest BCUT2D eigenvalue weighted by Crippen LogP contribution is -1.92. The minimum atomic E-state index is 0.0214. The molecule has 0 atom stereocenters. The molecule has 0 amide bonds. The van der Waals surface area contributed by atoms with Gasteiger partial charge in [0.05, 0.1) is 0 Å². The van der Waals surface area contributed by atoms with Gasteiger partial charge >= 0.3 is 0 Å². The van der Waals surface area contributed by atoms with E-state index in [2.05, 4.69) is 4.98 Å². The predicted molar refractivity (Wildman–Crippen MR) is 78.1 cm³/mol. The number of hydrogen-bond acceptors (Lipinski definition) is 1. The van der Waals surface area contributed by atoms with E-state index in [9.17, 15) is 4.79 Å². The highest BCUT2D eigenvalue weighted by Crippen LogP contribution is 2.18. The Bertz CT molecular complexity index is 738. The SMILES string of the molecule is O=C(/C=C/c1cccc2[nH]ccc12)c1ccccc1. The van der Waals surface area contributed by atoms with Gasteiger partial charge in [0.2, 0.25) is 0 Å². The van der Waals surface area contributed by atoms with Gasteiger partial charge in [-0.15, -0.1) is 0 Å². The number of benzene rings is 2. The van der Waals surface area contributed by atoms with Gasteiger partial charge in [-0.1, -0.05) is 48.5 Å². The molecule has 0 aliphatic heterocycles. The number of aromatic nitrogens is 1. The fourth-order valence-corrected chi connectivity index (χ4v) is 2.12. The van der Waals surface area contributed by atoms with Crippen molar-refractivity contribution in [1.82, 2.24) is 4.98 Å². The number of hydrogen-bond donors (Lipinski definition) is 1. The fraction of sp³-hybridized carbons (Fsp3) is 0. The van der Waals surface area contributed by atoms with Crippen LogP contribution in [-0.2, 0) is 0 Å². The van der Waals surface area contributed by atoms with Gasteiger partial charge in [0, 0.05) is 22.7 Å². The van der Waals surface area contributed by atoms with Gasteiger partial charge in [0.15, 0.2) is 5.78 Å². The second-order valence-corrected chi connectivity index (χ2v) is 4.35. The largest absolute Gasteiger partial charge is 0.361 e. The van der Waals surface area contributed by atoms with Crippen LogP contribution in [0.15, 0.2) is 66.9 Å². The molecule has 0 bridgehead atoms. The quantitative estimate of drug-likeness (QED) is 0.549. The number of H-pyrrole nitrogens is 1. The second-order valence-electron chi connectivity index (χ2n) is 4.35. The molecule has 0 aliphatic rings. The first-order valence-corrected chi connectivity index (χ1v) is 6.18. The molecule has 3 aromatic rings. The van der Waals surface area contributed by atoms with Gasteiger partial charge < -0.3 is 4.98 Å². The summed E-state index contributed by atoms with van der Waals surface area (Å²) in [7, 11) is 0. The topological polar surface area (TPSA) is 32.9 Å². The third-order valence-corrected chi connectivity index (χ3v) is 3.10. The number of carbonyl (C=O) groups excluding carboxylic acids is 1. The summed E-state index contributed by atoms with van der Waals surface area (Å²) < 4.78 is 0. The Hall–Kier alpha value is -2.61. The summed E-state index contributed by atoms with van der Waals surface area (Å²) in [4.78, 5) is 15.2. The molecule has 3 rings (SSSR count). The van der Waals surface area contributed by atoms with Crippen molar-refractivity contribution < 1.29 is 4.79 Å². The molecule has 2 heteroatoms. The van der Waals surface area contributed by atoms with E-state index in [0.29, 0.717) is 5.56 Å². The molecular formula is C17H13NO. The van der Waals surface area contributed by atoms with Crippen LogP contribution >= 0.6 is 0 Å². The van der Waals surface area contributed by atoms with E-state index in [1.54, 1.807) is 6.08 Å². The lowest BCUT2D eigenvalue weighted by Gasteiger charge is -1.97. The molecule has 0 aliphatic carbocycles. The van der Waals surface area contributed by atoms with E-state index in [1.165, 1.54) is 0 Å². The monoisotopic (exact) mass is 247 g/mol. The zero-order valence-electron chi connectivity index (χ0n) is 10.3. The maximum Gasteiger partial charge on any atom is 0.185 e. The van der Waals surface area contributed by atoms with Crippen molar-refractivity contribution in [1.29, 1.82) is 0 Å². The average Bonchev–Trinajstić information content (AvgIpc) is 2.94. The zero-order valence-corrected chi connectivity index (χ0v) is 10.3. The van der Waals surface area contributed by atoms with Crippen LogP contribution in [0.3, 0.4) is 0 Å². The number of fused-ring (bicyclic) bond motifs is 1. The van der Waals surface area contributed by atoms with Crippen LogP contribution < -0.4 is 0 Å². The summed E-state index contributed by atoms with van der Waals surface area (Å²) in [6.07, 6.45) is 5.39. The first kappa shape index (κ1) is 11.5. The van der Waals surface area contributed by atoms with Gasteiger partial charge in [-0.05, 0) is 23.8 Å². The summed E-state index contributed by atoms with van der Waals surface area (Å²) in [5.74, 6) is 0.0214. The van der Waals surface area contributed by atoms with E-state index in [1.807, 2.05) is 66.9 Å². The van der Waals surface area contributed by atoms with Crippen LogP contribution in [0.1, 0.15) is 15.9 Å². The van der Waals surface area contributed by atoms with Crippen LogP contribution in [0.4, 0.5) is 0 Å². The van der Waals surface area contributed by atoms with E-state index in [-0.39, 0.29) is 5.78 Å². The van der Waals surface area contributed by atoms with Crippen LogP contribution in [0.2, 0.25) is 0 Å². The molecule has 1 aromatic heterocycles. The van der Waals surface area contributed by atoms with Crippen LogP contribution in [0.5, 0.6) is 0 Å². The Labute approximate surface area is 111 Å². The maximum atomic E-state index is 12.0. The summed E-state index contributed by atoms with van der Waals surface area (Å²) in [5, 5.41) is 1.12. The lowest BCUT2D eigenvalue weighted by atomic mass is 10.1. The summed E-state index contributed by atoms with van der Waals surface area (Å²) in [6, 6.07) is 17.3. The predicted octanol–water partition coefficient (Wildman–Crippen LogP) is 4.06. The van der Waals surface area contributed by atoms with Gasteiger partial charge in [0.1, 0.15) is 0 Å². The Morgan fingerprint density at radius 1 is 0.947 bits per heavy atom. The Balaban J connectivity index is 1.91. The maximum absolute atomic E-state index is 12.0. The highest BCUT2D eigenvalue weighted by Gasteiger charge is 2.01. The van der Waals surface area contributed by atoms with Crippen molar-refractivity contribution in [2.24, 2.45) is 0 Å². The molecule has 1 heterocycles. The standard InChI is InChI=1S/C17H13NO/c19-17(14-5-2-1-3-6-14)10-9-13-7-4-8-16-15(13)11-12-18-16/h1-12,18H/b10-9+. The van der Waals surface area contributed by atoms with Crippen LogP contribution in [0, 0.1) is 0 Å². The molecule has 0 unspecified atom stereocenters. The van der Waals surface area contributed by atoms with Crippen LogP contribution in [0.25, 0.3) is 17.0 Å². The van der Waals surface area contributed by atoms with E-state index in [4.69, 9.17) is 0 Å². The molecule has 92 valence electrons. The summed E-state index contributed by atoms with van der Waals surface area (Å²) >= 11 is 0. The lowest BCUT2D eigenvalue weighted by molar-refractivity contribution is 0.104. The average molecular weight is 247 g/mol. The second kappa shape index (κ2) is 4.94. The van der Waals surface area contributed by atoms with Crippen molar-refractivity contribution in [2.45, 2.75) is 0 Å². The van der Waals surface area contributed by atoms with Gasteiger partial charge in [-0.25, -0.2) is 0 Å². The normalized spacial score (nSPS) is 11.2. The number of aromatic amines is 1. The third-order valence-electron chi connectivity index (χ3n) is 3.10. The molecule has 0 fully saturated rings. The minimum Gasteiger partial charge on any atom is -0.361 e. The Morgan fingerprint density at radius 2 is 1.79 bits per heavy atom. The van der Waals surface area contributed by atoms with Crippen molar-refractivity contribution in [2.75, 3.05) is 0 Å². The van der Waals surface area contributed by atoms with Gasteiger partial charge in [-0.2, -0.15) is 0 Å². The number of allylic oxidation sites excluding steroid dienone is 1. The minimum absolute atomic E-state index is 0.0214. The van der Waals surface area contributed by atoms with Crippen molar-refractivity contribution in [3.8, 4) is 0 Å². The smallest absolute Gasteiger partial charge is 0.185 e. The molecule has 2 aromatic carbocycles. The van der Waals surface area contributed by atoms with E-state index < -0.39 is 0 Å². The van der Waals surface area contributed by atoms with Crippen molar-refractivity contribution in [3.63, 3.8) is 0 Å². The van der Waals surface area contributed by atoms with Gasteiger partial charge in [-0.3, -0.25) is 4.79 Å². The molecule has 0 spiro atoms. The molecule has 0 radical (unpaired) electrons. The molecule has 2 nitrogen and oxygen atoms in total. The number of nitrogens with one attached hydrogen (secondary N) is 1. The van der Waals surface area contributed by atoms with Crippen molar-refractivity contribution >= 4 is 22.8 Å². The Morgan fingerprint density at radius 3 is 2.63 bits per heavy atom. The van der Waals surface area contributed by atoms with Crippen LogP contribution in [-0.4, -0.2) is 10.8 Å². The molecule has 0 saturated carbocycles. The molecule has 1 N–H and O–H groups in total. The highest BCUT2D eigenvalue weighted by atomic mass is 16.1. The number of ketones is 1. The summed E-state index contributed by atoms with van der Waals surface area (Å²) in [5.41, 5.74) is 2.83. The molecule has 0 saturated heterocycles. The first-order chi connectivity index (χ1) is 9.34. The van der Waals surface area contributed by atoms with E-state index >= 15 is 0 Å². The number of rotatable bonds is 3. The molecular weight excluding hydrogens is 234 g/mol. The van der Waals surface area contributed by atoms with Crippen molar-refractivity contribution in [3.05, 3.63) is 78.0 Å². The Kier molecular flexibility index (Phi) is 2.99. The fourth-order valence-electron chi connectivity index (χ4n) is 2.12.